The van der Waals surface area contributed by atoms with Crippen molar-refractivity contribution >= 4 is 15.9 Å². The molecule has 0 radical (unpaired) electrons. The Hall–Kier alpha value is -0.770. The Labute approximate surface area is 97.9 Å². The van der Waals surface area contributed by atoms with Crippen molar-refractivity contribution in [2.45, 2.75) is 38.9 Å². The first-order valence-electron chi connectivity index (χ1n) is 5.14. The second-order valence-electron chi connectivity index (χ2n) is 3.94. The lowest BCUT2D eigenvalue weighted by Gasteiger charge is -2.13. The van der Waals surface area contributed by atoms with Crippen LogP contribution in [0.2, 0.25) is 0 Å². The van der Waals surface area contributed by atoms with Crippen molar-refractivity contribution in [3.63, 3.8) is 0 Å². The minimum atomic E-state index is 0.111. The number of nitrogens with zero attached hydrogens (tertiary/aromatic N) is 1. The molecular formula is C11H14BrNO2. The fourth-order valence-corrected chi connectivity index (χ4v) is 1.48. The van der Waals surface area contributed by atoms with Crippen molar-refractivity contribution in [1.82, 2.24) is 4.98 Å². The highest BCUT2D eigenvalue weighted by Crippen LogP contribution is 2.34. The molecule has 1 aromatic rings. The van der Waals surface area contributed by atoms with Crippen LogP contribution in [0.5, 0.6) is 11.6 Å². The zero-order valence-electron chi connectivity index (χ0n) is 8.87. The number of ether oxygens (including phenoxy) is 2. The predicted molar refractivity (Wildman–Crippen MR) is 61.4 cm³/mol. The molecule has 0 saturated heterocycles. The number of hydrogen-bond acceptors (Lipinski definition) is 3. The first-order chi connectivity index (χ1) is 7.15. The molecule has 1 aliphatic carbocycles. The molecule has 0 amide bonds. The second kappa shape index (κ2) is 4.39. The Morgan fingerprint density at radius 1 is 1.47 bits per heavy atom. The van der Waals surface area contributed by atoms with Gasteiger partial charge < -0.3 is 9.47 Å². The van der Waals surface area contributed by atoms with Crippen molar-refractivity contribution in [2.75, 3.05) is 0 Å². The van der Waals surface area contributed by atoms with Crippen LogP contribution in [0.3, 0.4) is 0 Å². The molecule has 1 fully saturated rings. The fraction of sp³-hybridized carbons (Fsp3) is 0.545. The number of halogens is 1. The van der Waals surface area contributed by atoms with Crippen LogP contribution in [0.4, 0.5) is 0 Å². The van der Waals surface area contributed by atoms with Crippen LogP contribution in [0.25, 0.3) is 0 Å². The maximum Gasteiger partial charge on any atom is 0.257 e. The highest BCUT2D eigenvalue weighted by molar-refractivity contribution is 9.10. The molecule has 82 valence electrons. The van der Waals surface area contributed by atoms with Crippen molar-refractivity contribution in [3.8, 4) is 11.6 Å². The van der Waals surface area contributed by atoms with Crippen molar-refractivity contribution < 1.29 is 9.47 Å². The maximum atomic E-state index is 5.72. The molecule has 4 heteroatoms. The smallest absolute Gasteiger partial charge is 0.257 e. The molecule has 2 rings (SSSR count). The standard InChI is InChI=1S/C11H14BrNO2/c1-7(2)14-11-10(15-9-3-4-9)5-8(12)6-13-11/h5-7,9H,3-4H2,1-2H3. The number of pyridine rings is 1. The van der Waals surface area contributed by atoms with Gasteiger partial charge in [-0.2, -0.15) is 0 Å². The summed E-state index contributed by atoms with van der Waals surface area (Å²) in [4.78, 5) is 4.21. The third kappa shape index (κ3) is 3.09. The highest BCUT2D eigenvalue weighted by Gasteiger charge is 2.25. The van der Waals surface area contributed by atoms with Crippen LogP contribution < -0.4 is 9.47 Å². The second-order valence-corrected chi connectivity index (χ2v) is 4.86. The SMILES string of the molecule is CC(C)Oc1ncc(Br)cc1OC1CC1. The highest BCUT2D eigenvalue weighted by atomic mass is 79.9. The summed E-state index contributed by atoms with van der Waals surface area (Å²) in [5, 5.41) is 0. The molecule has 0 bridgehead atoms. The van der Waals surface area contributed by atoms with Gasteiger partial charge >= 0.3 is 0 Å². The van der Waals surface area contributed by atoms with Gasteiger partial charge in [0, 0.05) is 16.7 Å². The van der Waals surface area contributed by atoms with E-state index in [-0.39, 0.29) is 6.10 Å². The first kappa shape index (κ1) is 10.7. The van der Waals surface area contributed by atoms with Gasteiger partial charge in [0.15, 0.2) is 5.75 Å². The normalized spacial score (nSPS) is 15.5. The molecule has 0 aliphatic heterocycles. The first-order valence-corrected chi connectivity index (χ1v) is 5.93. The average Bonchev–Trinajstić information content (AvgIpc) is 2.93. The van der Waals surface area contributed by atoms with E-state index in [1.165, 1.54) is 0 Å². The molecule has 1 saturated carbocycles. The summed E-state index contributed by atoms with van der Waals surface area (Å²) in [6.45, 7) is 3.95. The summed E-state index contributed by atoms with van der Waals surface area (Å²) in [5.74, 6) is 1.32. The van der Waals surface area contributed by atoms with Gasteiger partial charge in [-0.15, -0.1) is 0 Å². The zero-order valence-corrected chi connectivity index (χ0v) is 10.5. The van der Waals surface area contributed by atoms with E-state index in [2.05, 4.69) is 20.9 Å². The van der Waals surface area contributed by atoms with E-state index in [0.29, 0.717) is 12.0 Å². The van der Waals surface area contributed by atoms with E-state index in [0.717, 1.165) is 23.1 Å². The van der Waals surface area contributed by atoms with E-state index in [1.807, 2.05) is 19.9 Å². The average molecular weight is 272 g/mol. The summed E-state index contributed by atoms with van der Waals surface area (Å²) in [6, 6.07) is 1.91. The monoisotopic (exact) mass is 271 g/mol. The summed E-state index contributed by atoms with van der Waals surface area (Å²) >= 11 is 3.37. The van der Waals surface area contributed by atoms with Crippen molar-refractivity contribution in [1.29, 1.82) is 0 Å². The van der Waals surface area contributed by atoms with E-state index < -0.39 is 0 Å². The lowest BCUT2D eigenvalue weighted by molar-refractivity contribution is 0.208. The van der Waals surface area contributed by atoms with Crippen LogP contribution in [0.15, 0.2) is 16.7 Å². The van der Waals surface area contributed by atoms with Crippen LogP contribution >= 0.6 is 15.9 Å². The fourth-order valence-electron chi connectivity index (χ4n) is 1.17. The summed E-state index contributed by atoms with van der Waals surface area (Å²) in [7, 11) is 0. The lowest BCUT2D eigenvalue weighted by Crippen LogP contribution is -2.09. The number of aromatic nitrogens is 1. The molecule has 1 aromatic heterocycles. The van der Waals surface area contributed by atoms with E-state index >= 15 is 0 Å². The zero-order chi connectivity index (χ0) is 10.8. The largest absolute Gasteiger partial charge is 0.485 e. The molecule has 0 aromatic carbocycles. The minimum absolute atomic E-state index is 0.111. The summed E-state index contributed by atoms with van der Waals surface area (Å²) in [6.07, 6.45) is 4.45. The van der Waals surface area contributed by atoms with Crippen molar-refractivity contribution in [2.24, 2.45) is 0 Å². The number of rotatable bonds is 4. The van der Waals surface area contributed by atoms with Crippen LogP contribution in [0.1, 0.15) is 26.7 Å². The quantitative estimate of drug-likeness (QED) is 0.843. The molecule has 0 atom stereocenters. The molecule has 0 N–H and O–H groups in total. The molecule has 1 aliphatic rings. The molecule has 3 nitrogen and oxygen atoms in total. The van der Waals surface area contributed by atoms with E-state index in [1.54, 1.807) is 6.20 Å². The van der Waals surface area contributed by atoms with Gasteiger partial charge in [0.25, 0.3) is 5.88 Å². The van der Waals surface area contributed by atoms with Gasteiger partial charge in [-0.1, -0.05) is 0 Å². The predicted octanol–water partition coefficient (Wildman–Crippen LogP) is 3.17. The Morgan fingerprint density at radius 2 is 2.20 bits per heavy atom. The van der Waals surface area contributed by atoms with Crippen LogP contribution in [-0.2, 0) is 0 Å². The lowest BCUT2D eigenvalue weighted by atomic mass is 10.4. The molecule has 15 heavy (non-hydrogen) atoms. The molecule has 0 unspecified atom stereocenters. The topological polar surface area (TPSA) is 31.4 Å². The van der Waals surface area contributed by atoms with E-state index in [9.17, 15) is 0 Å². The van der Waals surface area contributed by atoms with E-state index in [4.69, 9.17) is 9.47 Å². The van der Waals surface area contributed by atoms with Gasteiger partial charge in [-0.3, -0.25) is 0 Å². The molecule has 1 heterocycles. The molecule has 0 spiro atoms. The molecular weight excluding hydrogens is 258 g/mol. The Bertz CT molecular complexity index is 350. The van der Waals surface area contributed by atoms with Crippen LogP contribution in [0, 0.1) is 0 Å². The van der Waals surface area contributed by atoms with Gasteiger partial charge in [-0.25, -0.2) is 4.98 Å². The minimum Gasteiger partial charge on any atom is -0.485 e. The van der Waals surface area contributed by atoms with Gasteiger partial charge in [0.2, 0.25) is 0 Å². The van der Waals surface area contributed by atoms with Gasteiger partial charge in [-0.05, 0) is 42.6 Å². The third-order valence-corrected chi connectivity index (χ3v) is 2.38. The Morgan fingerprint density at radius 3 is 2.80 bits per heavy atom. The number of hydrogen-bond donors (Lipinski definition) is 0. The van der Waals surface area contributed by atoms with Crippen LogP contribution in [-0.4, -0.2) is 17.2 Å². The third-order valence-electron chi connectivity index (χ3n) is 1.95. The van der Waals surface area contributed by atoms with Crippen molar-refractivity contribution in [3.05, 3.63) is 16.7 Å². The summed E-state index contributed by atoms with van der Waals surface area (Å²) in [5.41, 5.74) is 0. The Kier molecular flexibility index (Phi) is 3.14. The van der Waals surface area contributed by atoms with Gasteiger partial charge in [0.1, 0.15) is 0 Å². The van der Waals surface area contributed by atoms with Gasteiger partial charge in [0.05, 0.1) is 12.2 Å². The Balaban J connectivity index is 2.17. The summed E-state index contributed by atoms with van der Waals surface area (Å²) < 4.78 is 12.2. The maximum absolute atomic E-state index is 5.72.